The van der Waals surface area contributed by atoms with Gasteiger partial charge in [0.25, 0.3) is 0 Å². The Morgan fingerprint density at radius 2 is 2.29 bits per heavy atom. The highest BCUT2D eigenvalue weighted by atomic mass is 127. The lowest BCUT2D eigenvalue weighted by molar-refractivity contribution is -0.146. The maximum absolute atomic E-state index is 11.6. The number of nitrogens with one attached hydrogen (secondary N) is 1. The lowest BCUT2D eigenvalue weighted by Crippen LogP contribution is -2.46. The van der Waals surface area contributed by atoms with Crippen molar-refractivity contribution in [3.63, 3.8) is 0 Å². The molecule has 2 rings (SSSR count). The average molecular weight is 484 g/mol. The first-order chi connectivity index (χ1) is 11.2. The maximum Gasteiger partial charge on any atom is 0.308 e. The normalized spacial score (nSPS) is 15.8. The van der Waals surface area contributed by atoms with Crippen LogP contribution in [0.15, 0.2) is 20.9 Å². The van der Waals surface area contributed by atoms with Gasteiger partial charge in [-0.3, -0.25) is 9.79 Å². The van der Waals surface area contributed by atoms with Crippen molar-refractivity contribution in [2.75, 3.05) is 39.5 Å². The number of thioether (sulfide) groups is 1. The van der Waals surface area contributed by atoms with Gasteiger partial charge in [0.1, 0.15) is 4.34 Å². The minimum Gasteiger partial charge on any atom is -0.469 e. The number of aromatic nitrogens is 1. The van der Waals surface area contributed by atoms with Gasteiger partial charge in [-0.15, -0.1) is 35.3 Å². The number of piperidine rings is 1. The number of ether oxygens (including phenoxy) is 1. The third kappa shape index (κ3) is 6.75. The molecule has 0 aromatic carbocycles. The second-order valence-corrected chi connectivity index (χ2v) is 7.50. The van der Waals surface area contributed by atoms with Crippen molar-refractivity contribution < 1.29 is 9.53 Å². The van der Waals surface area contributed by atoms with E-state index in [1.165, 1.54) is 7.11 Å². The Balaban J connectivity index is 0.00000288. The first-order valence-corrected chi connectivity index (χ1v) is 9.67. The number of esters is 1. The van der Waals surface area contributed by atoms with E-state index in [-0.39, 0.29) is 35.9 Å². The lowest BCUT2D eigenvalue weighted by atomic mass is 9.97. The summed E-state index contributed by atoms with van der Waals surface area (Å²) in [7, 11) is 3.26. The molecule has 0 atom stereocenters. The number of hydrogen-bond acceptors (Lipinski definition) is 6. The van der Waals surface area contributed by atoms with Crippen LogP contribution in [0.5, 0.6) is 0 Å². The standard InChI is InChI=1S/C15H24N4O2S2.HI/c1-16-14(17-6-3-10-22-15-18-7-11-23-15)19-8-4-12(5-9-19)13(20)21-2;/h7,11-12H,3-6,8-10H2,1-2H3,(H,16,17);1H. The van der Waals surface area contributed by atoms with Gasteiger partial charge in [-0.1, -0.05) is 11.8 Å². The number of hydrogen-bond donors (Lipinski definition) is 1. The van der Waals surface area contributed by atoms with Crippen LogP contribution in [0.3, 0.4) is 0 Å². The minimum absolute atomic E-state index is 0. The number of carbonyl (C=O) groups excluding carboxylic acids is 1. The number of carbonyl (C=O) groups is 1. The van der Waals surface area contributed by atoms with Crippen LogP contribution in [0.25, 0.3) is 0 Å². The maximum atomic E-state index is 11.6. The van der Waals surface area contributed by atoms with E-state index in [1.807, 2.05) is 11.6 Å². The second-order valence-electron chi connectivity index (χ2n) is 5.26. The highest BCUT2D eigenvalue weighted by Crippen LogP contribution is 2.20. The molecule has 0 bridgehead atoms. The number of nitrogens with zero attached hydrogens (tertiary/aromatic N) is 3. The zero-order chi connectivity index (χ0) is 16.5. The number of thiazole rings is 1. The van der Waals surface area contributed by atoms with Gasteiger partial charge >= 0.3 is 5.97 Å². The molecule has 0 spiro atoms. The smallest absolute Gasteiger partial charge is 0.308 e. The number of methoxy groups -OCH3 is 1. The van der Waals surface area contributed by atoms with E-state index in [0.717, 1.165) is 54.9 Å². The van der Waals surface area contributed by atoms with Crippen molar-refractivity contribution in [1.82, 2.24) is 15.2 Å². The summed E-state index contributed by atoms with van der Waals surface area (Å²) < 4.78 is 5.95. The summed E-state index contributed by atoms with van der Waals surface area (Å²) in [5.74, 6) is 1.91. The van der Waals surface area contributed by atoms with Gasteiger partial charge in [0.15, 0.2) is 5.96 Å². The van der Waals surface area contributed by atoms with E-state index in [4.69, 9.17) is 4.74 Å². The molecule has 0 radical (unpaired) electrons. The van der Waals surface area contributed by atoms with Gasteiger partial charge in [0, 0.05) is 44.0 Å². The Labute approximate surface area is 168 Å². The number of guanidine groups is 1. The first-order valence-electron chi connectivity index (χ1n) is 7.80. The van der Waals surface area contributed by atoms with Crippen molar-refractivity contribution in [3.05, 3.63) is 11.6 Å². The van der Waals surface area contributed by atoms with E-state index in [9.17, 15) is 4.79 Å². The molecule has 1 N–H and O–H groups in total. The Morgan fingerprint density at radius 3 is 2.88 bits per heavy atom. The van der Waals surface area contributed by atoms with Crippen molar-refractivity contribution in [2.45, 2.75) is 23.6 Å². The largest absolute Gasteiger partial charge is 0.469 e. The Morgan fingerprint density at radius 1 is 1.54 bits per heavy atom. The first kappa shape index (κ1) is 21.5. The van der Waals surface area contributed by atoms with Crippen LogP contribution in [-0.4, -0.2) is 61.4 Å². The fourth-order valence-electron chi connectivity index (χ4n) is 2.54. The summed E-state index contributed by atoms with van der Waals surface area (Å²) in [6.07, 6.45) is 4.55. The molecule has 136 valence electrons. The lowest BCUT2D eigenvalue weighted by Gasteiger charge is -2.33. The third-order valence-corrected chi connectivity index (χ3v) is 5.83. The summed E-state index contributed by atoms with van der Waals surface area (Å²) in [5, 5.41) is 5.41. The zero-order valence-corrected chi connectivity index (χ0v) is 18.0. The summed E-state index contributed by atoms with van der Waals surface area (Å²) >= 11 is 3.47. The van der Waals surface area contributed by atoms with Crippen LogP contribution in [-0.2, 0) is 9.53 Å². The third-order valence-electron chi connectivity index (χ3n) is 3.78. The molecule has 1 saturated heterocycles. The van der Waals surface area contributed by atoms with Crippen molar-refractivity contribution in [2.24, 2.45) is 10.9 Å². The highest BCUT2D eigenvalue weighted by molar-refractivity contribution is 14.0. The molecule has 24 heavy (non-hydrogen) atoms. The molecule has 2 heterocycles. The van der Waals surface area contributed by atoms with Gasteiger partial charge in [0.05, 0.1) is 13.0 Å². The molecule has 6 nitrogen and oxygen atoms in total. The Bertz CT molecular complexity index is 506. The number of likely N-dealkylation sites (tertiary alicyclic amines) is 1. The summed E-state index contributed by atoms with van der Waals surface area (Å²) in [6.45, 7) is 2.57. The Hall–Kier alpha value is -0.550. The van der Waals surface area contributed by atoms with Gasteiger partial charge in [0.2, 0.25) is 0 Å². The predicted molar refractivity (Wildman–Crippen MR) is 111 cm³/mol. The van der Waals surface area contributed by atoms with Crippen molar-refractivity contribution in [3.8, 4) is 0 Å². The highest BCUT2D eigenvalue weighted by Gasteiger charge is 2.26. The molecule has 0 amide bonds. The van der Waals surface area contributed by atoms with Gasteiger partial charge < -0.3 is 15.0 Å². The molecule has 0 aliphatic carbocycles. The predicted octanol–water partition coefficient (Wildman–Crippen LogP) is 2.70. The van der Waals surface area contributed by atoms with Crippen LogP contribution in [0.1, 0.15) is 19.3 Å². The average Bonchev–Trinajstić information content (AvgIpc) is 3.11. The number of halogens is 1. The fourth-order valence-corrected chi connectivity index (χ4v) is 4.19. The molecule has 1 aliphatic heterocycles. The van der Waals surface area contributed by atoms with E-state index < -0.39 is 0 Å². The summed E-state index contributed by atoms with van der Waals surface area (Å²) in [6, 6.07) is 0. The molecule has 1 aromatic heterocycles. The van der Waals surface area contributed by atoms with Crippen LogP contribution < -0.4 is 5.32 Å². The van der Waals surface area contributed by atoms with Gasteiger partial charge in [-0.2, -0.15) is 0 Å². The van der Waals surface area contributed by atoms with E-state index in [1.54, 1.807) is 30.1 Å². The van der Waals surface area contributed by atoms with Gasteiger partial charge in [-0.25, -0.2) is 4.98 Å². The zero-order valence-electron chi connectivity index (χ0n) is 14.1. The molecular weight excluding hydrogens is 459 g/mol. The second kappa shape index (κ2) is 11.9. The number of aliphatic imine (C=N–C) groups is 1. The van der Waals surface area contributed by atoms with Crippen molar-refractivity contribution >= 4 is 59.0 Å². The van der Waals surface area contributed by atoms with E-state index in [2.05, 4.69) is 20.2 Å². The molecule has 0 unspecified atom stereocenters. The fraction of sp³-hybridized carbons (Fsp3) is 0.667. The number of rotatable bonds is 6. The molecule has 9 heteroatoms. The van der Waals surface area contributed by atoms with Crippen LogP contribution >= 0.6 is 47.1 Å². The van der Waals surface area contributed by atoms with Crippen LogP contribution in [0, 0.1) is 5.92 Å². The summed E-state index contributed by atoms with van der Waals surface area (Å²) in [5.41, 5.74) is 0. The van der Waals surface area contributed by atoms with E-state index in [0.29, 0.717) is 0 Å². The Kier molecular flexibility index (Phi) is 10.7. The van der Waals surface area contributed by atoms with Crippen LogP contribution in [0.4, 0.5) is 0 Å². The topological polar surface area (TPSA) is 66.8 Å². The molecule has 0 saturated carbocycles. The van der Waals surface area contributed by atoms with Crippen LogP contribution in [0.2, 0.25) is 0 Å². The van der Waals surface area contributed by atoms with E-state index >= 15 is 0 Å². The van der Waals surface area contributed by atoms with Crippen molar-refractivity contribution in [1.29, 1.82) is 0 Å². The quantitative estimate of drug-likeness (QED) is 0.167. The molecule has 1 aliphatic rings. The molecular formula is C15H25IN4O2S2. The molecule has 1 fully saturated rings. The monoisotopic (exact) mass is 484 g/mol. The minimum atomic E-state index is -0.0909. The van der Waals surface area contributed by atoms with Gasteiger partial charge in [-0.05, 0) is 19.3 Å². The molecule has 1 aromatic rings. The summed E-state index contributed by atoms with van der Waals surface area (Å²) in [4.78, 5) is 22.4. The SMILES string of the molecule is CN=C(NCCCSc1nccs1)N1CCC(C(=O)OC)CC1.I.